The second-order valence-corrected chi connectivity index (χ2v) is 4.36. The zero-order valence-electron chi connectivity index (χ0n) is 10.7. The lowest BCUT2D eigenvalue weighted by Crippen LogP contribution is -2.42. The lowest BCUT2D eigenvalue weighted by atomic mass is 9.97. The number of aliphatic hydroxyl groups is 1. The van der Waals surface area contributed by atoms with E-state index in [9.17, 15) is 15.0 Å². The summed E-state index contributed by atoms with van der Waals surface area (Å²) in [6.45, 7) is 3.86. The van der Waals surface area contributed by atoms with Crippen molar-refractivity contribution in [1.29, 1.82) is 0 Å². The first-order chi connectivity index (χ1) is 8.43. The second-order valence-electron chi connectivity index (χ2n) is 4.36. The summed E-state index contributed by atoms with van der Waals surface area (Å²) in [6, 6.07) is 4.59. The number of aromatic hydroxyl groups is 1. The SMILES string of the molecule is CCC(O)(CC)CNC(=O)c1cccc(N)c1O. The molecule has 0 heterocycles. The molecule has 0 aliphatic carbocycles. The summed E-state index contributed by atoms with van der Waals surface area (Å²) in [4.78, 5) is 11.9. The van der Waals surface area contributed by atoms with E-state index < -0.39 is 11.5 Å². The minimum atomic E-state index is -0.911. The molecular formula is C13H20N2O3. The molecule has 0 aliphatic rings. The number of hydrogen-bond donors (Lipinski definition) is 4. The normalized spacial score (nSPS) is 11.3. The topological polar surface area (TPSA) is 95.6 Å². The van der Waals surface area contributed by atoms with Crippen molar-refractivity contribution in [2.45, 2.75) is 32.3 Å². The Hall–Kier alpha value is -1.75. The zero-order chi connectivity index (χ0) is 13.8. The third kappa shape index (κ3) is 3.13. The van der Waals surface area contributed by atoms with Crippen LogP contribution < -0.4 is 11.1 Å². The van der Waals surface area contributed by atoms with Crippen LogP contribution in [-0.4, -0.2) is 28.3 Å². The number of rotatable bonds is 5. The minimum Gasteiger partial charge on any atom is -0.505 e. The van der Waals surface area contributed by atoms with Crippen molar-refractivity contribution >= 4 is 11.6 Å². The Kier molecular flexibility index (Phi) is 4.55. The van der Waals surface area contributed by atoms with E-state index >= 15 is 0 Å². The molecule has 0 bridgehead atoms. The number of benzene rings is 1. The van der Waals surface area contributed by atoms with Gasteiger partial charge in [0.2, 0.25) is 0 Å². The molecule has 5 nitrogen and oxygen atoms in total. The highest BCUT2D eigenvalue weighted by Gasteiger charge is 2.23. The molecular weight excluding hydrogens is 232 g/mol. The van der Waals surface area contributed by atoms with Crippen molar-refractivity contribution in [3.8, 4) is 5.75 Å². The summed E-state index contributed by atoms with van der Waals surface area (Å²) in [5.41, 5.74) is 4.87. The molecule has 0 aliphatic heterocycles. The molecule has 1 rings (SSSR count). The highest BCUT2D eigenvalue weighted by Crippen LogP contribution is 2.24. The predicted molar refractivity (Wildman–Crippen MR) is 70.4 cm³/mol. The van der Waals surface area contributed by atoms with Crippen LogP contribution in [0.3, 0.4) is 0 Å². The Morgan fingerprint density at radius 3 is 2.56 bits per heavy atom. The van der Waals surface area contributed by atoms with Crippen LogP contribution in [0.15, 0.2) is 18.2 Å². The van der Waals surface area contributed by atoms with Crippen LogP contribution in [0.5, 0.6) is 5.75 Å². The summed E-state index contributed by atoms with van der Waals surface area (Å²) in [5, 5.41) is 22.3. The Balaban J connectivity index is 2.75. The monoisotopic (exact) mass is 252 g/mol. The molecule has 0 radical (unpaired) electrons. The van der Waals surface area contributed by atoms with E-state index in [4.69, 9.17) is 5.73 Å². The van der Waals surface area contributed by atoms with Gasteiger partial charge in [-0.1, -0.05) is 19.9 Å². The second kappa shape index (κ2) is 5.73. The molecule has 0 atom stereocenters. The highest BCUT2D eigenvalue weighted by molar-refractivity contribution is 5.98. The van der Waals surface area contributed by atoms with E-state index in [-0.39, 0.29) is 23.5 Å². The summed E-state index contributed by atoms with van der Waals surface area (Å²) in [6.07, 6.45) is 1.10. The van der Waals surface area contributed by atoms with Gasteiger partial charge in [0.15, 0.2) is 5.75 Å². The molecule has 0 aromatic heterocycles. The fourth-order valence-corrected chi connectivity index (χ4v) is 1.58. The van der Waals surface area contributed by atoms with Crippen LogP contribution in [0.25, 0.3) is 0 Å². The predicted octanol–water partition coefficient (Wildman–Crippen LogP) is 1.26. The van der Waals surface area contributed by atoms with Gasteiger partial charge in [-0.2, -0.15) is 0 Å². The lowest BCUT2D eigenvalue weighted by molar-refractivity contribution is 0.0313. The molecule has 18 heavy (non-hydrogen) atoms. The first kappa shape index (κ1) is 14.3. The van der Waals surface area contributed by atoms with Gasteiger partial charge in [0.1, 0.15) is 0 Å². The van der Waals surface area contributed by atoms with Gasteiger partial charge in [0.25, 0.3) is 5.91 Å². The molecule has 0 spiro atoms. The maximum absolute atomic E-state index is 11.9. The summed E-state index contributed by atoms with van der Waals surface area (Å²) in [7, 11) is 0. The van der Waals surface area contributed by atoms with E-state index in [1.165, 1.54) is 12.1 Å². The number of hydrogen-bond acceptors (Lipinski definition) is 4. The van der Waals surface area contributed by atoms with Crippen molar-refractivity contribution in [2.24, 2.45) is 0 Å². The van der Waals surface area contributed by atoms with E-state index in [1.54, 1.807) is 6.07 Å². The van der Waals surface area contributed by atoms with Gasteiger partial charge in [-0.05, 0) is 25.0 Å². The summed E-state index contributed by atoms with van der Waals surface area (Å²) < 4.78 is 0. The van der Waals surface area contributed by atoms with Crippen LogP contribution in [-0.2, 0) is 0 Å². The average Bonchev–Trinajstić information content (AvgIpc) is 2.39. The van der Waals surface area contributed by atoms with E-state index in [0.717, 1.165) is 0 Å². The number of para-hydroxylation sites is 1. The van der Waals surface area contributed by atoms with Gasteiger partial charge in [-0.15, -0.1) is 0 Å². The van der Waals surface area contributed by atoms with Crippen molar-refractivity contribution in [1.82, 2.24) is 5.32 Å². The molecule has 1 aromatic rings. The van der Waals surface area contributed by atoms with Crippen LogP contribution in [0.4, 0.5) is 5.69 Å². The number of nitrogens with one attached hydrogen (secondary N) is 1. The molecule has 0 unspecified atom stereocenters. The Labute approximate surface area is 107 Å². The van der Waals surface area contributed by atoms with Crippen molar-refractivity contribution in [2.75, 3.05) is 12.3 Å². The number of nitrogen functional groups attached to an aromatic ring is 1. The fourth-order valence-electron chi connectivity index (χ4n) is 1.58. The van der Waals surface area contributed by atoms with Crippen molar-refractivity contribution < 1.29 is 15.0 Å². The van der Waals surface area contributed by atoms with Crippen LogP contribution in [0, 0.1) is 0 Å². The van der Waals surface area contributed by atoms with Crippen molar-refractivity contribution in [3.05, 3.63) is 23.8 Å². The average molecular weight is 252 g/mol. The van der Waals surface area contributed by atoms with Crippen LogP contribution in [0.1, 0.15) is 37.0 Å². The largest absolute Gasteiger partial charge is 0.505 e. The summed E-state index contributed by atoms with van der Waals surface area (Å²) >= 11 is 0. The fraction of sp³-hybridized carbons (Fsp3) is 0.462. The van der Waals surface area contributed by atoms with Crippen molar-refractivity contribution in [3.63, 3.8) is 0 Å². The van der Waals surface area contributed by atoms with Gasteiger partial charge < -0.3 is 21.3 Å². The van der Waals surface area contributed by atoms with Gasteiger partial charge >= 0.3 is 0 Å². The van der Waals surface area contributed by atoms with Gasteiger partial charge in [-0.3, -0.25) is 4.79 Å². The molecule has 5 heteroatoms. The number of phenols is 1. The Bertz CT molecular complexity index is 428. The maximum Gasteiger partial charge on any atom is 0.255 e. The molecule has 0 fully saturated rings. The maximum atomic E-state index is 11.9. The third-order valence-corrected chi connectivity index (χ3v) is 3.21. The quantitative estimate of drug-likeness (QED) is 0.468. The minimum absolute atomic E-state index is 0.115. The number of phenolic OH excluding ortho intramolecular Hbond substituents is 1. The first-order valence-electron chi connectivity index (χ1n) is 6.01. The van der Waals surface area contributed by atoms with E-state index in [0.29, 0.717) is 12.8 Å². The van der Waals surface area contributed by atoms with Gasteiger partial charge in [-0.25, -0.2) is 0 Å². The van der Waals surface area contributed by atoms with Crippen LogP contribution in [0.2, 0.25) is 0 Å². The number of carbonyl (C=O) groups excluding carboxylic acids is 1. The van der Waals surface area contributed by atoms with Crippen LogP contribution >= 0.6 is 0 Å². The summed E-state index contributed by atoms with van der Waals surface area (Å²) in [5.74, 6) is -0.674. The standard InChI is InChI=1S/C13H20N2O3/c1-3-13(18,4-2)8-15-12(17)9-6-5-7-10(14)11(9)16/h5-7,16,18H,3-4,8,14H2,1-2H3,(H,15,17). The molecule has 100 valence electrons. The molecule has 0 saturated heterocycles. The number of nitrogens with two attached hydrogens (primary N) is 1. The first-order valence-corrected chi connectivity index (χ1v) is 6.01. The number of amides is 1. The van der Waals surface area contributed by atoms with E-state index in [2.05, 4.69) is 5.32 Å². The number of carbonyl (C=O) groups is 1. The molecule has 1 amide bonds. The van der Waals surface area contributed by atoms with E-state index in [1.807, 2.05) is 13.8 Å². The molecule has 1 aromatic carbocycles. The van der Waals surface area contributed by atoms with Gasteiger partial charge in [0.05, 0.1) is 16.9 Å². The third-order valence-electron chi connectivity index (χ3n) is 3.21. The Morgan fingerprint density at radius 2 is 2.00 bits per heavy atom. The Morgan fingerprint density at radius 1 is 1.39 bits per heavy atom. The van der Waals surface area contributed by atoms with Gasteiger partial charge in [0, 0.05) is 6.54 Å². The lowest BCUT2D eigenvalue weighted by Gasteiger charge is -2.25. The smallest absolute Gasteiger partial charge is 0.255 e. The zero-order valence-corrected chi connectivity index (χ0v) is 10.7. The number of anilines is 1. The highest BCUT2D eigenvalue weighted by atomic mass is 16.3. The molecule has 5 N–H and O–H groups in total. The molecule has 0 saturated carbocycles.